The summed E-state index contributed by atoms with van der Waals surface area (Å²) in [6, 6.07) is 1.91. The normalized spacial score (nSPS) is 26.5. The third-order valence-electron chi connectivity index (χ3n) is 3.18. The molecule has 4 nitrogen and oxygen atoms in total. The molecule has 3 N–H and O–H groups in total. The van der Waals surface area contributed by atoms with Gasteiger partial charge in [-0.25, -0.2) is 0 Å². The summed E-state index contributed by atoms with van der Waals surface area (Å²) in [5.41, 5.74) is 7.90. The molecule has 0 saturated carbocycles. The maximum Gasteiger partial charge on any atom is 0.146 e. The molecule has 0 spiro atoms. The van der Waals surface area contributed by atoms with Crippen LogP contribution in [0.3, 0.4) is 0 Å². The summed E-state index contributed by atoms with van der Waals surface area (Å²) in [6.45, 7) is 6.46. The zero-order valence-corrected chi connectivity index (χ0v) is 9.33. The van der Waals surface area contributed by atoms with E-state index in [9.17, 15) is 0 Å². The standard InChI is InChI=1S/C11H18N4/c1-7-5-10(12)14-15-11(7)9-3-4-13-6-8(9)2/h5,8-9,13H,3-4,6H2,1-2H3,(H2,12,14)/t8-,9+/m1/s1. The highest BCUT2D eigenvalue weighted by molar-refractivity contribution is 5.34. The van der Waals surface area contributed by atoms with Crippen LogP contribution in [-0.4, -0.2) is 23.3 Å². The van der Waals surface area contributed by atoms with Crippen LogP contribution >= 0.6 is 0 Å². The van der Waals surface area contributed by atoms with Crippen LogP contribution in [0.5, 0.6) is 0 Å². The highest BCUT2D eigenvalue weighted by atomic mass is 15.1. The van der Waals surface area contributed by atoms with Crippen molar-refractivity contribution in [2.24, 2.45) is 5.92 Å². The Morgan fingerprint density at radius 1 is 1.47 bits per heavy atom. The molecule has 15 heavy (non-hydrogen) atoms. The van der Waals surface area contributed by atoms with Crippen LogP contribution in [-0.2, 0) is 0 Å². The molecular weight excluding hydrogens is 188 g/mol. The summed E-state index contributed by atoms with van der Waals surface area (Å²) in [5.74, 6) is 1.66. The van der Waals surface area contributed by atoms with Gasteiger partial charge in [-0.2, -0.15) is 5.10 Å². The van der Waals surface area contributed by atoms with Crippen molar-refractivity contribution in [3.63, 3.8) is 0 Å². The molecule has 2 heterocycles. The largest absolute Gasteiger partial charge is 0.382 e. The zero-order chi connectivity index (χ0) is 10.8. The van der Waals surface area contributed by atoms with E-state index in [0.29, 0.717) is 17.7 Å². The second-order valence-corrected chi connectivity index (χ2v) is 4.41. The van der Waals surface area contributed by atoms with Gasteiger partial charge in [0.15, 0.2) is 0 Å². The van der Waals surface area contributed by atoms with Gasteiger partial charge in [0.1, 0.15) is 5.82 Å². The molecule has 1 saturated heterocycles. The number of aromatic nitrogens is 2. The van der Waals surface area contributed by atoms with Gasteiger partial charge in [-0.1, -0.05) is 6.92 Å². The van der Waals surface area contributed by atoms with Gasteiger partial charge in [0, 0.05) is 5.92 Å². The lowest BCUT2D eigenvalue weighted by atomic mass is 9.84. The Kier molecular flexibility index (Phi) is 2.86. The van der Waals surface area contributed by atoms with Crippen molar-refractivity contribution < 1.29 is 0 Å². The van der Waals surface area contributed by atoms with E-state index in [4.69, 9.17) is 5.73 Å². The molecule has 2 atom stereocenters. The number of nitrogens with one attached hydrogen (secondary N) is 1. The quantitative estimate of drug-likeness (QED) is 0.721. The fourth-order valence-electron chi connectivity index (χ4n) is 2.30. The van der Waals surface area contributed by atoms with Crippen LogP contribution in [0.15, 0.2) is 6.07 Å². The minimum absolute atomic E-state index is 0.512. The lowest BCUT2D eigenvalue weighted by Gasteiger charge is -2.29. The summed E-state index contributed by atoms with van der Waals surface area (Å²) >= 11 is 0. The molecule has 82 valence electrons. The fraction of sp³-hybridized carbons (Fsp3) is 0.636. The molecule has 1 fully saturated rings. The number of hydrogen-bond acceptors (Lipinski definition) is 4. The second kappa shape index (κ2) is 4.14. The molecule has 0 unspecified atom stereocenters. The van der Waals surface area contributed by atoms with Gasteiger partial charge in [0.05, 0.1) is 5.69 Å². The lowest BCUT2D eigenvalue weighted by Crippen LogP contribution is -2.34. The Hall–Kier alpha value is -1.16. The highest BCUT2D eigenvalue weighted by Gasteiger charge is 2.25. The third kappa shape index (κ3) is 2.09. The topological polar surface area (TPSA) is 63.8 Å². The lowest BCUT2D eigenvalue weighted by molar-refractivity contribution is 0.341. The predicted octanol–water partition coefficient (Wildman–Crippen LogP) is 1.08. The zero-order valence-electron chi connectivity index (χ0n) is 9.33. The summed E-state index contributed by atoms with van der Waals surface area (Å²) in [7, 11) is 0. The summed E-state index contributed by atoms with van der Waals surface area (Å²) < 4.78 is 0. The van der Waals surface area contributed by atoms with E-state index >= 15 is 0 Å². The van der Waals surface area contributed by atoms with Crippen molar-refractivity contribution in [1.29, 1.82) is 0 Å². The maximum atomic E-state index is 5.61. The minimum atomic E-state index is 0.512. The van der Waals surface area contributed by atoms with E-state index in [2.05, 4.69) is 29.4 Å². The first-order valence-electron chi connectivity index (χ1n) is 5.49. The summed E-state index contributed by atoms with van der Waals surface area (Å²) in [6.07, 6.45) is 1.14. The molecule has 1 aromatic heterocycles. The first kappa shape index (κ1) is 10.4. The van der Waals surface area contributed by atoms with Gasteiger partial charge in [-0.05, 0) is 44.0 Å². The van der Waals surface area contributed by atoms with Crippen LogP contribution in [0.25, 0.3) is 0 Å². The number of hydrogen-bond donors (Lipinski definition) is 2. The fourth-order valence-corrected chi connectivity index (χ4v) is 2.30. The number of anilines is 1. The Morgan fingerprint density at radius 2 is 2.27 bits per heavy atom. The average molecular weight is 206 g/mol. The Bertz CT molecular complexity index is 350. The van der Waals surface area contributed by atoms with E-state index in [-0.39, 0.29) is 0 Å². The van der Waals surface area contributed by atoms with Crippen LogP contribution in [0.1, 0.15) is 30.5 Å². The van der Waals surface area contributed by atoms with Gasteiger partial charge >= 0.3 is 0 Å². The van der Waals surface area contributed by atoms with Crippen molar-refractivity contribution in [2.75, 3.05) is 18.8 Å². The number of aryl methyl sites for hydroxylation is 1. The van der Waals surface area contributed by atoms with E-state index in [0.717, 1.165) is 25.2 Å². The summed E-state index contributed by atoms with van der Waals surface area (Å²) in [4.78, 5) is 0. The Morgan fingerprint density at radius 3 is 2.93 bits per heavy atom. The molecule has 1 aliphatic rings. The molecule has 0 bridgehead atoms. The van der Waals surface area contributed by atoms with Crippen molar-refractivity contribution in [3.8, 4) is 0 Å². The van der Waals surface area contributed by atoms with Gasteiger partial charge in [-0.3, -0.25) is 0 Å². The Labute approximate surface area is 90.3 Å². The molecule has 0 aromatic carbocycles. The Balaban J connectivity index is 2.27. The van der Waals surface area contributed by atoms with Crippen molar-refractivity contribution in [1.82, 2.24) is 15.5 Å². The molecule has 1 aliphatic heterocycles. The number of piperidine rings is 1. The first-order valence-corrected chi connectivity index (χ1v) is 5.49. The van der Waals surface area contributed by atoms with E-state index in [1.807, 2.05) is 6.07 Å². The van der Waals surface area contributed by atoms with Crippen molar-refractivity contribution in [3.05, 3.63) is 17.3 Å². The summed E-state index contributed by atoms with van der Waals surface area (Å²) in [5, 5.41) is 11.6. The number of nitrogens with zero attached hydrogens (tertiary/aromatic N) is 2. The predicted molar refractivity (Wildman–Crippen MR) is 60.6 cm³/mol. The number of nitrogen functional groups attached to an aromatic ring is 1. The SMILES string of the molecule is Cc1cc(N)nnc1[C@H]1CCNC[C@H]1C. The average Bonchev–Trinajstić information content (AvgIpc) is 2.20. The minimum Gasteiger partial charge on any atom is -0.382 e. The van der Waals surface area contributed by atoms with Crippen LogP contribution in [0.2, 0.25) is 0 Å². The van der Waals surface area contributed by atoms with Crippen LogP contribution in [0, 0.1) is 12.8 Å². The number of nitrogens with two attached hydrogens (primary N) is 1. The van der Waals surface area contributed by atoms with Crippen molar-refractivity contribution in [2.45, 2.75) is 26.2 Å². The van der Waals surface area contributed by atoms with Gasteiger partial charge in [0.2, 0.25) is 0 Å². The highest BCUT2D eigenvalue weighted by Crippen LogP contribution is 2.30. The molecular formula is C11H18N4. The second-order valence-electron chi connectivity index (χ2n) is 4.41. The molecule has 1 aromatic rings. The van der Waals surface area contributed by atoms with Gasteiger partial charge in [0.25, 0.3) is 0 Å². The maximum absolute atomic E-state index is 5.61. The smallest absolute Gasteiger partial charge is 0.146 e. The van der Waals surface area contributed by atoms with Gasteiger partial charge < -0.3 is 11.1 Å². The molecule has 0 aliphatic carbocycles. The van der Waals surface area contributed by atoms with Crippen LogP contribution in [0.4, 0.5) is 5.82 Å². The molecule has 4 heteroatoms. The van der Waals surface area contributed by atoms with E-state index in [1.165, 1.54) is 5.56 Å². The third-order valence-corrected chi connectivity index (χ3v) is 3.18. The molecule has 0 amide bonds. The van der Waals surface area contributed by atoms with Crippen LogP contribution < -0.4 is 11.1 Å². The van der Waals surface area contributed by atoms with E-state index < -0.39 is 0 Å². The van der Waals surface area contributed by atoms with Gasteiger partial charge in [-0.15, -0.1) is 5.10 Å². The number of rotatable bonds is 1. The molecule has 0 radical (unpaired) electrons. The first-order chi connectivity index (χ1) is 7.18. The van der Waals surface area contributed by atoms with E-state index in [1.54, 1.807) is 0 Å². The van der Waals surface area contributed by atoms with Crippen molar-refractivity contribution >= 4 is 5.82 Å². The molecule has 2 rings (SSSR count). The monoisotopic (exact) mass is 206 g/mol.